The van der Waals surface area contributed by atoms with Gasteiger partial charge in [-0.1, -0.05) is 39.0 Å². The first-order valence-electron chi connectivity index (χ1n) is 5.01. The van der Waals surface area contributed by atoms with Crippen LogP contribution in [0.2, 0.25) is 0 Å². The molecule has 0 unspecified atom stereocenters. The van der Waals surface area contributed by atoms with E-state index in [9.17, 15) is 9.59 Å². The largest absolute Gasteiger partial charge is 0.392 e. The second-order valence-corrected chi connectivity index (χ2v) is 3.50. The summed E-state index contributed by atoms with van der Waals surface area (Å²) in [5, 5.41) is 0. The third kappa shape index (κ3) is 2.83. The van der Waals surface area contributed by atoms with Crippen LogP contribution in [-0.4, -0.2) is 11.9 Å². The summed E-state index contributed by atoms with van der Waals surface area (Å²) >= 11 is 0. The van der Waals surface area contributed by atoms with Crippen LogP contribution in [0, 0.1) is 5.92 Å². The standard InChI is InChI=1S/C10H16O3/c1-2-3-4-5-6-7-8-9(11)13-10(8)12/h8H,2-7H2,1H3. The Hall–Kier alpha value is -0.860. The molecule has 0 atom stereocenters. The maximum atomic E-state index is 10.7. The lowest BCUT2D eigenvalue weighted by Crippen LogP contribution is -2.40. The molecule has 74 valence electrons. The van der Waals surface area contributed by atoms with Crippen LogP contribution in [0.5, 0.6) is 0 Å². The number of unbranched alkanes of at least 4 members (excludes halogenated alkanes) is 4. The van der Waals surface area contributed by atoms with Gasteiger partial charge >= 0.3 is 11.9 Å². The van der Waals surface area contributed by atoms with Crippen molar-refractivity contribution in [1.82, 2.24) is 0 Å². The molecule has 0 aliphatic carbocycles. The highest BCUT2D eigenvalue weighted by atomic mass is 16.6. The lowest BCUT2D eigenvalue weighted by Gasteiger charge is -2.21. The van der Waals surface area contributed by atoms with Crippen LogP contribution in [0.25, 0.3) is 0 Å². The summed E-state index contributed by atoms with van der Waals surface area (Å²) in [4.78, 5) is 21.4. The van der Waals surface area contributed by atoms with E-state index in [4.69, 9.17) is 0 Å². The van der Waals surface area contributed by atoms with Crippen LogP contribution in [0.3, 0.4) is 0 Å². The van der Waals surface area contributed by atoms with E-state index in [0.717, 1.165) is 12.8 Å². The minimum Gasteiger partial charge on any atom is -0.392 e. The van der Waals surface area contributed by atoms with Crippen LogP contribution in [0.4, 0.5) is 0 Å². The molecular weight excluding hydrogens is 168 g/mol. The highest BCUT2D eigenvalue weighted by molar-refractivity contribution is 6.09. The monoisotopic (exact) mass is 184 g/mol. The van der Waals surface area contributed by atoms with Gasteiger partial charge in [-0.3, -0.25) is 9.59 Å². The molecule has 0 radical (unpaired) electrons. The van der Waals surface area contributed by atoms with Crippen LogP contribution in [0.1, 0.15) is 45.4 Å². The molecular formula is C10H16O3. The number of ether oxygens (including phenoxy) is 1. The number of hydrogen-bond acceptors (Lipinski definition) is 3. The molecule has 1 aliphatic rings. The number of carbonyl (C=O) groups excluding carboxylic acids is 2. The Bertz CT molecular complexity index is 184. The first kappa shape index (κ1) is 10.2. The van der Waals surface area contributed by atoms with Gasteiger partial charge < -0.3 is 4.74 Å². The Morgan fingerprint density at radius 2 is 1.69 bits per heavy atom. The topological polar surface area (TPSA) is 43.4 Å². The van der Waals surface area contributed by atoms with Gasteiger partial charge in [0.15, 0.2) is 5.92 Å². The molecule has 1 saturated heterocycles. The van der Waals surface area contributed by atoms with Gasteiger partial charge in [0.05, 0.1) is 0 Å². The maximum Gasteiger partial charge on any atom is 0.328 e. The van der Waals surface area contributed by atoms with E-state index in [1.165, 1.54) is 19.3 Å². The quantitative estimate of drug-likeness (QED) is 0.360. The van der Waals surface area contributed by atoms with Gasteiger partial charge in [-0.05, 0) is 6.42 Å². The van der Waals surface area contributed by atoms with Crippen molar-refractivity contribution in [1.29, 1.82) is 0 Å². The smallest absolute Gasteiger partial charge is 0.328 e. The fourth-order valence-corrected chi connectivity index (χ4v) is 1.47. The highest BCUT2D eigenvalue weighted by Gasteiger charge is 2.40. The van der Waals surface area contributed by atoms with Crippen molar-refractivity contribution in [2.75, 3.05) is 0 Å². The Balaban J connectivity index is 1.99. The van der Waals surface area contributed by atoms with Gasteiger partial charge in [0.2, 0.25) is 0 Å². The minimum atomic E-state index is -0.429. The summed E-state index contributed by atoms with van der Waals surface area (Å²) in [6, 6.07) is 0. The average Bonchev–Trinajstić information content (AvgIpc) is 2.11. The van der Waals surface area contributed by atoms with Crippen molar-refractivity contribution < 1.29 is 14.3 Å². The molecule has 0 aromatic carbocycles. The Kier molecular flexibility index (Phi) is 3.93. The zero-order valence-electron chi connectivity index (χ0n) is 8.04. The average molecular weight is 184 g/mol. The van der Waals surface area contributed by atoms with E-state index in [2.05, 4.69) is 11.7 Å². The van der Waals surface area contributed by atoms with Gasteiger partial charge in [-0.25, -0.2) is 0 Å². The molecule has 0 aromatic rings. The summed E-state index contributed by atoms with van der Waals surface area (Å²) in [5.74, 6) is -1.09. The van der Waals surface area contributed by atoms with Crippen molar-refractivity contribution in [2.45, 2.75) is 45.4 Å². The third-order valence-corrected chi connectivity index (χ3v) is 2.37. The first-order valence-corrected chi connectivity index (χ1v) is 5.01. The molecule has 0 N–H and O–H groups in total. The van der Waals surface area contributed by atoms with Crippen LogP contribution in [-0.2, 0) is 14.3 Å². The molecule has 0 aromatic heterocycles. The van der Waals surface area contributed by atoms with E-state index in [0.29, 0.717) is 6.42 Å². The fourth-order valence-electron chi connectivity index (χ4n) is 1.47. The molecule has 1 heterocycles. The van der Waals surface area contributed by atoms with Gasteiger partial charge in [0.25, 0.3) is 0 Å². The van der Waals surface area contributed by atoms with E-state index in [-0.39, 0.29) is 11.9 Å². The molecule has 1 fully saturated rings. The van der Waals surface area contributed by atoms with E-state index >= 15 is 0 Å². The first-order chi connectivity index (χ1) is 6.25. The predicted octanol–water partition coefficient (Wildman–Crippen LogP) is 2.05. The second kappa shape index (κ2) is 5.00. The highest BCUT2D eigenvalue weighted by Crippen LogP contribution is 2.21. The number of hydrogen-bond donors (Lipinski definition) is 0. The summed E-state index contributed by atoms with van der Waals surface area (Å²) < 4.78 is 4.25. The predicted molar refractivity (Wildman–Crippen MR) is 48.0 cm³/mol. The van der Waals surface area contributed by atoms with Crippen molar-refractivity contribution in [2.24, 2.45) is 5.92 Å². The van der Waals surface area contributed by atoms with E-state index < -0.39 is 5.92 Å². The third-order valence-electron chi connectivity index (χ3n) is 2.37. The number of carbonyl (C=O) groups is 2. The maximum absolute atomic E-state index is 10.7. The second-order valence-electron chi connectivity index (χ2n) is 3.50. The normalized spacial score (nSPS) is 17.0. The van der Waals surface area contributed by atoms with Crippen LogP contribution in [0.15, 0.2) is 0 Å². The molecule has 0 spiro atoms. The lowest BCUT2D eigenvalue weighted by atomic mass is 9.97. The zero-order chi connectivity index (χ0) is 9.68. The molecule has 0 saturated carbocycles. The molecule has 3 heteroatoms. The van der Waals surface area contributed by atoms with Gasteiger partial charge in [-0.15, -0.1) is 0 Å². The van der Waals surface area contributed by atoms with Gasteiger partial charge in [0.1, 0.15) is 0 Å². The van der Waals surface area contributed by atoms with Crippen molar-refractivity contribution in [3.8, 4) is 0 Å². The molecule has 1 aliphatic heterocycles. The summed E-state index contributed by atoms with van der Waals surface area (Å²) in [6.45, 7) is 2.16. The van der Waals surface area contributed by atoms with Crippen LogP contribution < -0.4 is 0 Å². The Labute approximate surface area is 78.5 Å². The fraction of sp³-hybridized carbons (Fsp3) is 0.800. The zero-order valence-corrected chi connectivity index (χ0v) is 8.04. The number of esters is 2. The number of rotatable bonds is 6. The Morgan fingerprint density at radius 3 is 2.23 bits per heavy atom. The van der Waals surface area contributed by atoms with Crippen molar-refractivity contribution >= 4 is 11.9 Å². The summed E-state index contributed by atoms with van der Waals surface area (Å²) in [7, 11) is 0. The molecule has 1 rings (SSSR count). The molecule has 13 heavy (non-hydrogen) atoms. The Morgan fingerprint density at radius 1 is 1.08 bits per heavy atom. The van der Waals surface area contributed by atoms with Crippen molar-refractivity contribution in [3.05, 3.63) is 0 Å². The SMILES string of the molecule is CCCCCCCC1C(=O)OC1=O. The lowest BCUT2D eigenvalue weighted by molar-refractivity contribution is -0.184. The van der Waals surface area contributed by atoms with E-state index in [1.807, 2.05) is 0 Å². The van der Waals surface area contributed by atoms with Gasteiger partial charge in [-0.2, -0.15) is 0 Å². The molecule has 3 nitrogen and oxygen atoms in total. The van der Waals surface area contributed by atoms with Crippen molar-refractivity contribution in [3.63, 3.8) is 0 Å². The summed E-state index contributed by atoms with van der Waals surface area (Å²) in [6.07, 6.45) is 6.41. The molecule has 0 amide bonds. The van der Waals surface area contributed by atoms with Crippen LogP contribution >= 0.6 is 0 Å². The van der Waals surface area contributed by atoms with Gasteiger partial charge in [0, 0.05) is 0 Å². The number of cyclic esters (lactones) is 2. The summed E-state index contributed by atoms with van der Waals surface area (Å²) in [5.41, 5.74) is 0. The van der Waals surface area contributed by atoms with E-state index in [1.54, 1.807) is 0 Å². The minimum absolute atomic E-state index is 0.333. The molecule has 0 bridgehead atoms.